The Morgan fingerprint density at radius 2 is 1.94 bits per heavy atom. The van der Waals surface area contributed by atoms with Crippen LogP contribution in [0.1, 0.15) is 47.7 Å². The molecule has 0 aliphatic carbocycles. The van der Waals surface area contributed by atoms with E-state index in [0.29, 0.717) is 29.0 Å². The Hall–Kier alpha value is -3.68. The van der Waals surface area contributed by atoms with Crippen molar-refractivity contribution in [3.63, 3.8) is 0 Å². The molecule has 2 aromatic rings. The fourth-order valence-electron chi connectivity index (χ4n) is 4.00. The van der Waals surface area contributed by atoms with Gasteiger partial charge in [0.2, 0.25) is 17.7 Å². The lowest BCUT2D eigenvalue weighted by molar-refractivity contribution is -0.137. The smallest absolute Gasteiger partial charge is 0.255 e. The Morgan fingerprint density at radius 3 is 2.66 bits per heavy atom. The summed E-state index contributed by atoms with van der Waals surface area (Å²) in [6.07, 6.45) is 1.60. The maximum Gasteiger partial charge on any atom is 0.255 e. The summed E-state index contributed by atoms with van der Waals surface area (Å²) in [5.74, 6) is -0.579. The molecule has 1 saturated heterocycles. The number of piperidine rings is 1. The number of rotatable bonds is 7. The van der Waals surface area contributed by atoms with Crippen LogP contribution in [0.15, 0.2) is 42.5 Å². The van der Waals surface area contributed by atoms with Gasteiger partial charge in [0.25, 0.3) is 5.91 Å². The molecule has 4 rings (SSSR count). The highest BCUT2D eigenvalue weighted by molar-refractivity contribution is 6.06. The summed E-state index contributed by atoms with van der Waals surface area (Å²) >= 11 is 0. The van der Waals surface area contributed by atoms with E-state index >= 15 is 0 Å². The summed E-state index contributed by atoms with van der Waals surface area (Å²) in [6, 6.07) is 12.2. The van der Waals surface area contributed by atoms with Crippen molar-refractivity contribution in [1.82, 2.24) is 10.2 Å². The summed E-state index contributed by atoms with van der Waals surface area (Å²) in [6.45, 7) is 2.52. The fraction of sp³-hybridized carbons (Fsp3) is 0.333. The molecule has 2 aliphatic rings. The first-order chi connectivity index (χ1) is 15.5. The number of aryl methyl sites for hydroxylation is 1. The molecule has 4 amide bonds. The van der Waals surface area contributed by atoms with Gasteiger partial charge in [-0.15, -0.1) is 0 Å². The first-order valence-corrected chi connectivity index (χ1v) is 10.7. The average molecular weight is 435 g/mol. The largest absolute Gasteiger partial charge is 0.493 e. The topological polar surface area (TPSA) is 105 Å². The van der Waals surface area contributed by atoms with Gasteiger partial charge in [-0.25, -0.2) is 0 Å². The summed E-state index contributed by atoms with van der Waals surface area (Å²) in [4.78, 5) is 50.4. The van der Waals surface area contributed by atoms with Crippen LogP contribution in [0.4, 0.5) is 5.69 Å². The average Bonchev–Trinajstić information content (AvgIpc) is 3.12. The van der Waals surface area contributed by atoms with Crippen LogP contribution >= 0.6 is 0 Å². The highest BCUT2D eigenvalue weighted by Gasteiger charge is 2.39. The molecular formula is C24H25N3O5. The van der Waals surface area contributed by atoms with E-state index in [1.54, 1.807) is 18.2 Å². The maximum atomic E-state index is 12.9. The highest BCUT2D eigenvalue weighted by Crippen LogP contribution is 2.32. The molecule has 0 saturated carbocycles. The van der Waals surface area contributed by atoms with Crippen LogP contribution in [-0.4, -0.2) is 41.2 Å². The predicted octanol–water partition coefficient (Wildman–Crippen LogP) is 2.42. The lowest BCUT2D eigenvalue weighted by Gasteiger charge is -2.29. The second kappa shape index (κ2) is 9.21. The second-order valence-electron chi connectivity index (χ2n) is 7.88. The number of amides is 4. The Bertz CT molecular complexity index is 1060. The van der Waals surface area contributed by atoms with Crippen LogP contribution in [0, 0.1) is 0 Å². The van der Waals surface area contributed by atoms with E-state index in [9.17, 15) is 19.2 Å². The Morgan fingerprint density at radius 1 is 1.16 bits per heavy atom. The van der Waals surface area contributed by atoms with Gasteiger partial charge in [0.15, 0.2) is 0 Å². The molecular weight excluding hydrogens is 410 g/mol. The van der Waals surface area contributed by atoms with Gasteiger partial charge >= 0.3 is 0 Å². The number of hydrogen-bond donors (Lipinski definition) is 2. The second-order valence-corrected chi connectivity index (χ2v) is 7.88. The van der Waals surface area contributed by atoms with Gasteiger partial charge in [-0.1, -0.05) is 25.1 Å². The van der Waals surface area contributed by atoms with Crippen molar-refractivity contribution in [1.29, 1.82) is 0 Å². The molecule has 166 valence electrons. The van der Waals surface area contributed by atoms with Gasteiger partial charge in [0.1, 0.15) is 11.8 Å². The summed E-state index contributed by atoms with van der Waals surface area (Å²) in [5.41, 5.74) is 2.89. The normalized spacial score (nSPS) is 17.7. The van der Waals surface area contributed by atoms with Crippen LogP contribution < -0.4 is 15.4 Å². The third-order valence-electron chi connectivity index (χ3n) is 5.79. The Kier molecular flexibility index (Phi) is 6.20. The number of imide groups is 1. The zero-order valence-corrected chi connectivity index (χ0v) is 17.8. The zero-order chi connectivity index (χ0) is 22.7. The van der Waals surface area contributed by atoms with Gasteiger partial charge in [-0.2, -0.15) is 0 Å². The molecule has 8 nitrogen and oxygen atoms in total. The molecule has 2 N–H and O–H groups in total. The molecule has 1 fully saturated rings. The van der Waals surface area contributed by atoms with Crippen LogP contribution in [-0.2, 0) is 27.3 Å². The molecule has 32 heavy (non-hydrogen) atoms. The van der Waals surface area contributed by atoms with E-state index < -0.39 is 11.9 Å². The Balaban J connectivity index is 1.37. The number of nitrogens with zero attached hydrogens (tertiary/aromatic N) is 1. The number of benzene rings is 2. The number of ether oxygens (including phenoxy) is 1. The monoisotopic (exact) mass is 435 g/mol. The lowest BCUT2D eigenvalue weighted by Crippen LogP contribution is -2.52. The molecule has 1 unspecified atom stereocenters. The minimum atomic E-state index is -0.691. The van der Waals surface area contributed by atoms with E-state index in [1.807, 2.05) is 24.3 Å². The zero-order valence-electron chi connectivity index (χ0n) is 17.8. The Labute approximate surface area is 185 Å². The van der Waals surface area contributed by atoms with E-state index in [2.05, 4.69) is 17.6 Å². The van der Waals surface area contributed by atoms with Crippen molar-refractivity contribution in [2.24, 2.45) is 0 Å². The van der Waals surface area contributed by atoms with Gasteiger partial charge in [0, 0.05) is 29.8 Å². The van der Waals surface area contributed by atoms with Crippen molar-refractivity contribution in [3.8, 4) is 5.75 Å². The molecule has 2 heterocycles. The molecule has 8 heteroatoms. The standard InChI is InChI=1S/C24H25N3O5/c1-2-15-6-8-16(9-7-15)32-13-12-22(29)25-19-5-3-4-17-18(19)14-27(24(17)31)20-10-11-21(28)26-23(20)30/h3-9,20H,2,10-14H2,1H3,(H,25,29)(H,26,28,30). The number of nitrogens with one attached hydrogen (secondary N) is 2. The molecule has 0 spiro atoms. The van der Waals surface area contributed by atoms with Crippen LogP contribution in [0.25, 0.3) is 0 Å². The number of carbonyl (C=O) groups is 4. The number of fused-ring (bicyclic) bond motifs is 1. The first-order valence-electron chi connectivity index (χ1n) is 10.7. The number of carbonyl (C=O) groups excluding carboxylic acids is 4. The predicted molar refractivity (Wildman–Crippen MR) is 117 cm³/mol. The maximum absolute atomic E-state index is 12.9. The van der Waals surface area contributed by atoms with Gasteiger partial charge in [0.05, 0.1) is 13.0 Å². The SMILES string of the molecule is CCc1ccc(OCCC(=O)Nc2cccc3c2CN(C2CCC(=O)NC2=O)C3=O)cc1. The summed E-state index contributed by atoms with van der Waals surface area (Å²) in [7, 11) is 0. The number of anilines is 1. The number of hydrogen-bond acceptors (Lipinski definition) is 5. The van der Waals surface area contributed by atoms with Crippen molar-refractivity contribution in [2.75, 3.05) is 11.9 Å². The molecule has 1 atom stereocenters. The van der Waals surface area contributed by atoms with Crippen molar-refractivity contribution >= 4 is 29.3 Å². The van der Waals surface area contributed by atoms with E-state index in [-0.39, 0.29) is 43.7 Å². The molecule has 2 aliphatic heterocycles. The quantitative estimate of drug-likeness (QED) is 0.650. The van der Waals surface area contributed by atoms with E-state index in [4.69, 9.17) is 4.74 Å². The third-order valence-corrected chi connectivity index (χ3v) is 5.79. The summed E-state index contributed by atoms with van der Waals surface area (Å²) < 4.78 is 5.65. The van der Waals surface area contributed by atoms with Crippen molar-refractivity contribution in [2.45, 2.75) is 45.2 Å². The molecule has 0 aromatic heterocycles. The molecule has 0 radical (unpaired) electrons. The highest BCUT2D eigenvalue weighted by atomic mass is 16.5. The van der Waals surface area contributed by atoms with Gasteiger partial charge in [-0.05, 0) is 42.7 Å². The van der Waals surface area contributed by atoms with E-state index in [0.717, 1.165) is 6.42 Å². The third kappa shape index (κ3) is 4.49. The fourth-order valence-corrected chi connectivity index (χ4v) is 4.00. The minimum absolute atomic E-state index is 0.157. The van der Waals surface area contributed by atoms with E-state index in [1.165, 1.54) is 10.5 Å². The van der Waals surface area contributed by atoms with Crippen LogP contribution in [0.2, 0.25) is 0 Å². The molecule has 2 aromatic carbocycles. The van der Waals surface area contributed by atoms with Crippen molar-refractivity contribution in [3.05, 3.63) is 59.2 Å². The van der Waals surface area contributed by atoms with Crippen LogP contribution in [0.5, 0.6) is 5.75 Å². The summed E-state index contributed by atoms with van der Waals surface area (Å²) in [5, 5.41) is 5.14. The van der Waals surface area contributed by atoms with Crippen LogP contribution in [0.3, 0.4) is 0 Å². The molecule has 0 bridgehead atoms. The lowest BCUT2D eigenvalue weighted by atomic mass is 10.0. The first kappa shape index (κ1) is 21.5. The van der Waals surface area contributed by atoms with Crippen molar-refractivity contribution < 1.29 is 23.9 Å². The minimum Gasteiger partial charge on any atom is -0.493 e. The van der Waals surface area contributed by atoms with Gasteiger partial charge < -0.3 is 15.0 Å². The van der Waals surface area contributed by atoms with Gasteiger partial charge in [-0.3, -0.25) is 24.5 Å².